The van der Waals surface area contributed by atoms with E-state index in [9.17, 15) is 19.5 Å². The Morgan fingerprint density at radius 2 is 2.13 bits per heavy atom. The fraction of sp³-hybridized carbons (Fsp3) is 0.536. The number of aromatic nitrogens is 3. The van der Waals surface area contributed by atoms with Crippen LogP contribution in [0.2, 0.25) is 0 Å². The Kier molecular flexibility index (Phi) is 7.82. The summed E-state index contributed by atoms with van der Waals surface area (Å²) in [6.07, 6.45) is 5.70. The van der Waals surface area contributed by atoms with Crippen LogP contribution in [-0.4, -0.2) is 89.5 Å². The predicted octanol–water partition coefficient (Wildman–Crippen LogP) is 2.38. The molecule has 2 amide bonds. The summed E-state index contributed by atoms with van der Waals surface area (Å²) < 4.78 is 6.43. The molecule has 5 rings (SSSR count). The molecule has 10 nitrogen and oxygen atoms in total. The zero-order valence-electron chi connectivity index (χ0n) is 22.1. The van der Waals surface area contributed by atoms with Crippen molar-refractivity contribution in [1.29, 1.82) is 0 Å². The summed E-state index contributed by atoms with van der Waals surface area (Å²) in [5.41, 5.74) is 1.50. The van der Waals surface area contributed by atoms with Crippen molar-refractivity contribution < 1.29 is 24.2 Å². The minimum atomic E-state index is -0.831. The van der Waals surface area contributed by atoms with Gasteiger partial charge in [-0.15, -0.1) is 30.0 Å². The Labute approximate surface area is 232 Å². The second kappa shape index (κ2) is 11.1. The highest BCUT2D eigenvalue weighted by molar-refractivity contribution is 8.02. The summed E-state index contributed by atoms with van der Waals surface area (Å²) in [5, 5.41) is 18.6. The second-order valence-electron chi connectivity index (χ2n) is 10.4. The van der Waals surface area contributed by atoms with E-state index in [4.69, 9.17) is 4.74 Å². The first kappa shape index (κ1) is 27.4. The molecule has 2 unspecified atom stereocenters. The van der Waals surface area contributed by atoms with Gasteiger partial charge in [0.05, 0.1) is 41.4 Å². The van der Waals surface area contributed by atoms with Crippen molar-refractivity contribution in [3.63, 3.8) is 0 Å². The molecule has 4 heterocycles. The topological polar surface area (TPSA) is 118 Å². The lowest BCUT2D eigenvalue weighted by molar-refractivity contribution is -0.154. The van der Waals surface area contributed by atoms with Crippen molar-refractivity contribution in [2.45, 2.75) is 61.4 Å². The fourth-order valence-corrected chi connectivity index (χ4v) is 8.70. The molecule has 0 saturated carbocycles. The van der Waals surface area contributed by atoms with Gasteiger partial charge in [0.1, 0.15) is 18.2 Å². The van der Waals surface area contributed by atoms with Crippen LogP contribution in [0.15, 0.2) is 49.6 Å². The molecular formula is C28H35N5O5S. The van der Waals surface area contributed by atoms with E-state index in [0.717, 1.165) is 11.9 Å². The summed E-state index contributed by atoms with van der Waals surface area (Å²) in [7, 11) is 0. The zero-order valence-corrected chi connectivity index (χ0v) is 23.0. The fourth-order valence-electron chi connectivity index (χ4n) is 6.51. The van der Waals surface area contributed by atoms with Crippen molar-refractivity contribution >= 4 is 40.6 Å². The molecule has 1 N–H and O–H groups in total. The number of aliphatic hydroxyl groups is 1. The van der Waals surface area contributed by atoms with Gasteiger partial charge in [0.15, 0.2) is 0 Å². The number of rotatable bonds is 12. The van der Waals surface area contributed by atoms with E-state index in [-0.39, 0.29) is 43.5 Å². The van der Waals surface area contributed by atoms with Crippen molar-refractivity contribution in [2.75, 3.05) is 19.8 Å². The van der Waals surface area contributed by atoms with Crippen LogP contribution in [0.5, 0.6) is 0 Å². The number of ether oxygens (including phenoxy) is 1. The third-order valence-corrected chi connectivity index (χ3v) is 10.2. The van der Waals surface area contributed by atoms with E-state index < -0.39 is 34.6 Å². The highest BCUT2D eigenvalue weighted by Crippen LogP contribution is 2.67. The van der Waals surface area contributed by atoms with E-state index in [2.05, 4.69) is 23.5 Å². The van der Waals surface area contributed by atoms with Gasteiger partial charge in [0.2, 0.25) is 11.8 Å². The standard InChI is InChI=1S/C28H35N5O5S/c1-4-7-15-38-27(37)22-21-12-13-28(39-21)23(22)25(35)33(18(6-3)16-34)24(28)26(36)31(14-5-2)17-32-20-11-9-8-10-19(20)29-30-32/h4-5,8-11,18,21-24,34H,1-2,6-7,12-17H2,3H3/t18-,21-,22+,23-,24?,28?/m0/s1. The number of hydrogen-bond acceptors (Lipinski definition) is 8. The van der Waals surface area contributed by atoms with E-state index in [1.807, 2.05) is 31.2 Å². The molecule has 3 fully saturated rings. The minimum absolute atomic E-state index is 0.0889. The Hall–Kier alpha value is -3.18. The van der Waals surface area contributed by atoms with E-state index in [1.165, 1.54) is 0 Å². The van der Waals surface area contributed by atoms with Crippen LogP contribution in [-0.2, 0) is 25.8 Å². The van der Waals surface area contributed by atoms with Crippen LogP contribution < -0.4 is 0 Å². The Morgan fingerprint density at radius 3 is 2.85 bits per heavy atom. The predicted molar refractivity (Wildman–Crippen MR) is 147 cm³/mol. The van der Waals surface area contributed by atoms with Crippen LogP contribution in [0.1, 0.15) is 32.6 Å². The maximum absolute atomic E-state index is 14.5. The molecule has 0 aliphatic carbocycles. The minimum Gasteiger partial charge on any atom is -0.465 e. The average molecular weight is 554 g/mol. The summed E-state index contributed by atoms with van der Waals surface area (Å²) in [5.74, 6) is -2.18. The van der Waals surface area contributed by atoms with Gasteiger partial charge in [-0.05, 0) is 37.8 Å². The number of aliphatic hydroxyl groups excluding tert-OH is 1. The van der Waals surface area contributed by atoms with Gasteiger partial charge in [0.25, 0.3) is 0 Å². The molecule has 6 atom stereocenters. The molecule has 3 aliphatic heterocycles. The number of carbonyl (C=O) groups excluding carboxylic acids is 3. The summed E-state index contributed by atoms with van der Waals surface area (Å²) >= 11 is 1.58. The van der Waals surface area contributed by atoms with Gasteiger partial charge in [0, 0.05) is 11.8 Å². The van der Waals surface area contributed by atoms with Gasteiger partial charge < -0.3 is 19.6 Å². The molecular weight excluding hydrogens is 518 g/mol. The number of thioether (sulfide) groups is 1. The first-order valence-electron chi connectivity index (χ1n) is 13.5. The van der Waals surface area contributed by atoms with Gasteiger partial charge in [-0.2, -0.15) is 0 Å². The normalized spacial score (nSPS) is 27.9. The van der Waals surface area contributed by atoms with Crippen LogP contribution in [0.25, 0.3) is 11.0 Å². The number of amides is 2. The number of para-hydroxylation sites is 1. The number of carbonyl (C=O) groups is 3. The van der Waals surface area contributed by atoms with Crippen molar-refractivity contribution in [1.82, 2.24) is 24.8 Å². The van der Waals surface area contributed by atoms with E-state index in [1.54, 1.807) is 38.4 Å². The lowest BCUT2D eigenvalue weighted by Gasteiger charge is -2.39. The number of nitrogens with zero attached hydrogens (tertiary/aromatic N) is 5. The molecule has 39 heavy (non-hydrogen) atoms. The van der Waals surface area contributed by atoms with Gasteiger partial charge >= 0.3 is 5.97 Å². The molecule has 3 saturated heterocycles. The number of hydrogen-bond donors (Lipinski definition) is 1. The van der Waals surface area contributed by atoms with Crippen molar-refractivity contribution in [2.24, 2.45) is 11.8 Å². The number of fused-ring (bicyclic) bond motifs is 2. The first-order valence-corrected chi connectivity index (χ1v) is 14.4. The zero-order chi connectivity index (χ0) is 27.7. The molecule has 1 aromatic heterocycles. The lowest BCUT2D eigenvalue weighted by Crippen LogP contribution is -2.57. The quantitative estimate of drug-likeness (QED) is 0.242. The highest BCUT2D eigenvalue weighted by Gasteiger charge is 2.74. The molecule has 1 aromatic carbocycles. The lowest BCUT2D eigenvalue weighted by atomic mass is 9.71. The summed E-state index contributed by atoms with van der Waals surface area (Å²) in [6, 6.07) is 6.14. The summed E-state index contributed by atoms with van der Waals surface area (Å²) in [6.45, 7) is 9.71. The van der Waals surface area contributed by atoms with E-state index >= 15 is 0 Å². The van der Waals surface area contributed by atoms with Gasteiger partial charge in [-0.3, -0.25) is 14.4 Å². The smallest absolute Gasteiger partial charge is 0.310 e. The molecule has 2 bridgehead atoms. The Bertz CT molecular complexity index is 1280. The SMILES string of the molecule is C=CCCOC(=O)[C@@H]1[C@@H]2CCC3(S2)C(C(=O)N(CC=C)Cn2nnc4ccccc42)N([C@@H](CC)CO)C(=O)[C@H]13. The van der Waals surface area contributed by atoms with Gasteiger partial charge in [-0.1, -0.05) is 36.4 Å². The third-order valence-electron chi connectivity index (χ3n) is 8.27. The Morgan fingerprint density at radius 1 is 1.33 bits per heavy atom. The highest BCUT2D eigenvalue weighted by atomic mass is 32.2. The van der Waals surface area contributed by atoms with Crippen molar-refractivity contribution in [3.8, 4) is 0 Å². The molecule has 2 aromatic rings. The van der Waals surface area contributed by atoms with E-state index in [0.29, 0.717) is 24.8 Å². The van der Waals surface area contributed by atoms with Crippen LogP contribution in [0.3, 0.4) is 0 Å². The number of benzene rings is 1. The number of likely N-dealkylation sites (tertiary alicyclic amines) is 1. The molecule has 3 aliphatic rings. The Balaban J connectivity index is 1.51. The van der Waals surface area contributed by atoms with Crippen LogP contribution >= 0.6 is 11.8 Å². The monoisotopic (exact) mass is 553 g/mol. The first-order chi connectivity index (χ1) is 18.9. The number of esters is 1. The maximum Gasteiger partial charge on any atom is 0.310 e. The van der Waals surface area contributed by atoms with Crippen LogP contribution in [0, 0.1) is 11.8 Å². The molecule has 0 radical (unpaired) electrons. The maximum atomic E-state index is 14.5. The average Bonchev–Trinajstić information content (AvgIpc) is 3.69. The molecule has 11 heteroatoms. The van der Waals surface area contributed by atoms with Crippen molar-refractivity contribution in [3.05, 3.63) is 49.6 Å². The molecule has 208 valence electrons. The second-order valence-corrected chi connectivity index (χ2v) is 12.0. The molecule has 1 spiro atoms. The third kappa shape index (κ3) is 4.45. The largest absolute Gasteiger partial charge is 0.465 e. The van der Waals surface area contributed by atoms with Gasteiger partial charge in [-0.25, -0.2) is 4.68 Å². The summed E-state index contributed by atoms with van der Waals surface area (Å²) in [4.78, 5) is 45.1. The van der Waals surface area contributed by atoms with Crippen LogP contribution in [0.4, 0.5) is 0 Å².